The Morgan fingerprint density at radius 3 is 2.33 bits per heavy atom. The van der Waals surface area contributed by atoms with Crippen LogP contribution in [0.1, 0.15) is 39.5 Å². The molecule has 0 aliphatic carbocycles. The third-order valence-corrected chi connectivity index (χ3v) is 2.12. The van der Waals surface area contributed by atoms with Gasteiger partial charge in [-0.25, -0.2) is 0 Å². The average Bonchev–Trinajstić information content (AvgIpc) is 2.75. The largest absolute Gasteiger partial charge is 0.356 e. The number of hydrogen-bond donors (Lipinski definition) is 1. The molecule has 0 atom stereocenters. The van der Waals surface area contributed by atoms with Gasteiger partial charge in [-0.2, -0.15) is 0 Å². The summed E-state index contributed by atoms with van der Waals surface area (Å²) in [6.45, 7) is 4.58. The standard InChI is InChI=1S/C8H17NO.C2H2N2S/c1-3-4-5-6-7-9-8(2)10;1-3-4-2-5-1/h3-7H2,1-2H3,(H,9,10);1-2H. The normalized spacial score (nSPS) is 8.93. The molecule has 0 spiro atoms. The molecular weight excluding hydrogens is 210 g/mol. The van der Waals surface area contributed by atoms with Gasteiger partial charge in [0.05, 0.1) is 0 Å². The van der Waals surface area contributed by atoms with Crippen LogP contribution in [-0.4, -0.2) is 22.6 Å². The van der Waals surface area contributed by atoms with Gasteiger partial charge >= 0.3 is 0 Å². The number of aromatic nitrogens is 2. The van der Waals surface area contributed by atoms with Gasteiger partial charge in [-0.1, -0.05) is 26.2 Å². The van der Waals surface area contributed by atoms with Gasteiger partial charge in [0.25, 0.3) is 0 Å². The lowest BCUT2D eigenvalue weighted by molar-refractivity contribution is -0.118. The van der Waals surface area contributed by atoms with Crippen molar-refractivity contribution in [1.29, 1.82) is 0 Å². The van der Waals surface area contributed by atoms with E-state index in [-0.39, 0.29) is 5.91 Å². The van der Waals surface area contributed by atoms with Crippen LogP contribution < -0.4 is 5.32 Å². The van der Waals surface area contributed by atoms with Gasteiger partial charge in [0.15, 0.2) is 0 Å². The highest BCUT2D eigenvalue weighted by atomic mass is 32.1. The average molecular weight is 229 g/mol. The molecule has 5 heteroatoms. The van der Waals surface area contributed by atoms with Gasteiger partial charge in [0.2, 0.25) is 5.91 Å². The van der Waals surface area contributed by atoms with Crippen LogP contribution in [0.5, 0.6) is 0 Å². The van der Waals surface area contributed by atoms with Crippen molar-refractivity contribution < 1.29 is 4.79 Å². The lowest BCUT2D eigenvalue weighted by atomic mass is 10.2. The molecule has 0 aliphatic rings. The summed E-state index contributed by atoms with van der Waals surface area (Å²) in [6.07, 6.45) is 4.88. The Kier molecular flexibility index (Phi) is 10.4. The molecule has 0 fully saturated rings. The molecule has 0 saturated heterocycles. The maximum absolute atomic E-state index is 10.4. The van der Waals surface area contributed by atoms with Crippen LogP contribution in [0.3, 0.4) is 0 Å². The number of carbonyl (C=O) groups is 1. The minimum Gasteiger partial charge on any atom is -0.356 e. The maximum atomic E-state index is 10.4. The molecule has 1 heterocycles. The molecule has 1 amide bonds. The van der Waals surface area contributed by atoms with Crippen LogP contribution in [0.4, 0.5) is 0 Å². The molecular formula is C10H19N3OS. The highest BCUT2D eigenvalue weighted by Gasteiger charge is 1.89. The fraction of sp³-hybridized carbons (Fsp3) is 0.700. The van der Waals surface area contributed by atoms with E-state index in [4.69, 9.17) is 0 Å². The van der Waals surface area contributed by atoms with Gasteiger partial charge in [-0.15, -0.1) is 21.5 Å². The van der Waals surface area contributed by atoms with Crippen molar-refractivity contribution in [1.82, 2.24) is 15.5 Å². The Morgan fingerprint density at radius 1 is 1.27 bits per heavy atom. The van der Waals surface area contributed by atoms with E-state index in [0.29, 0.717) is 0 Å². The Balaban J connectivity index is 0.000000322. The van der Waals surface area contributed by atoms with E-state index in [1.807, 2.05) is 0 Å². The number of amides is 1. The van der Waals surface area contributed by atoms with E-state index in [1.165, 1.54) is 30.6 Å². The van der Waals surface area contributed by atoms with Gasteiger partial charge in [-0.05, 0) is 6.42 Å². The number of carbonyl (C=O) groups excluding carboxylic acids is 1. The number of rotatable bonds is 5. The molecule has 0 saturated carbocycles. The molecule has 1 N–H and O–H groups in total. The van der Waals surface area contributed by atoms with E-state index in [2.05, 4.69) is 22.4 Å². The third-order valence-electron chi connectivity index (χ3n) is 1.69. The Labute approximate surface area is 95.1 Å². The second-order valence-electron chi connectivity index (χ2n) is 3.12. The predicted molar refractivity (Wildman–Crippen MR) is 62.7 cm³/mol. The van der Waals surface area contributed by atoms with E-state index in [0.717, 1.165) is 13.0 Å². The van der Waals surface area contributed by atoms with Crippen LogP contribution in [0.25, 0.3) is 0 Å². The first kappa shape index (κ1) is 14.0. The Morgan fingerprint density at radius 2 is 1.93 bits per heavy atom. The summed E-state index contributed by atoms with van der Waals surface area (Å²) in [5.74, 6) is 0.0801. The van der Waals surface area contributed by atoms with Crippen molar-refractivity contribution >= 4 is 17.2 Å². The molecule has 4 nitrogen and oxygen atoms in total. The zero-order chi connectivity index (χ0) is 11.4. The Bertz CT molecular complexity index is 209. The zero-order valence-corrected chi connectivity index (χ0v) is 10.2. The Hall–Kier alpha value is -0.970. The molecule has 15 heavy (non-hydrogen) atoms. The van der Waals surface area contributed by atoms with Crippen molar-refractivity contribution in [3.05, 3.63) is 11.0 Å². The van der Waals surface area contributed by atoms with Crippen LogP contribution in [0, 0.1) is 0 Å². The van der Waals surface area contributed by atoms with Gasteiger partial charge in [0.1, 0.15) is 11.0 Å². The van der Waals surface area contributed by atoms with E-state index in [9.17, 15) is 4.79 Å². The van der Waals surface area contributed by atoms with Crippen LogP contribution in [0.15, 0.2) is 11.0 Å². The summed E-state index contributed by atoms with van der Waals surface area (Å²) in [7, 11) is 0. The first-order chi connectivity index (χ1) is 7.27. The van der Waals surface area contributed by atoms with Crippen LogP contribution in [0.2, 0.25) is 0 Å². The number of nitrogens with zero attached hydrogens (tertiary/aromatic N) is 2. The number of nitrogens with one attached hydrogen (secondary N) is 1. The molecule has 0 aliphatic heterocycles. The molecule has 0 unspecified atom stereocenters. The first-order valence-electron chi connectivity index (χ1n) is 5.20. The molecule has 1 aromatic heterocycles. The molecule has 86 valence electrons. The highest BCUT2D eigenvalue weighted by Crippen LogP contribution is 1.96. The summed E-state index contributed by atoms with van der Waals surface area (Å²) in [5, 5.41) is 9.75. The van der Waals surface area contributed by atoms with Crippen molar-refractivity contribution in [2.24, 2.45) is 0 Å². The molecule has 0 radical (unpaired) electrons. The van der Waals surface area contributed by atoms with Gasteiger partial charge < -0.3 is 5.32 Å². The van der Waals surface area contributed by atoms with Crippen LogP contribution >= 0.6 is 11.3 Å². The van der Waals surface area contributed by atoms with Crippen molar-refractivity contribution in [2.45, 2.75) is 39.5 Å². The van der Waals surface area contributed by atoms with E-state index >= 15 is 0 Å². The number of hydrogen-bond acceptors (Lipinski definition) is 4. The fourth-order valence-corrected chi connectivity index (χ4v) is 1.22. The minimum atomic E-state index is 0.0801. The molecule has 0 bridgehead atoms. The maximum Gasteiger partial charge on any atom is 0.216 e. The highest BCUT2D eigenvalue weighted by molar-refractivity contribution is 7.07. The predicted octanol–water partition coefficient (Wildman–Crippen LogP) is 2.24. The minimum absolute atomic E-state index is 0.0801. The summed E-state index contributed by atoms with van der Waals surface area (Å²) < 4.78 is 0. The summed E-state index contributed by atoms with van der Waals surface area (Å²) in [6, 6.07) is 0. The first-order valence-corrected chi connectivity index (χ1v) is 6.15. The van der Waals surface area contributed by atoms with E-state index in [1.54, 1.807) is 17.9 Å². The smallest absolute Gasteiger partial charge is 0.216 e. The zero-order valence-electron chi connectivity index (χ0n) is 9.40. The van der Waals surface area contributed by atoms with E-state index < -0.39 is 0 Å². The summed E-state index contributed by atoms with van der Waals surface area (Å²) in [5.41, 5.74) is 3.36. The van der Waals surface area contributed by atoms with Crippen molar-refractivity contribution in [3.63, 3.8) is 0 Å². The third kappa shape index (κ3) is 13.0. The lowest BCUT2D eigenvalue weighted by Crippen LogP contribution is -2.20. The summed E-state index contributed by atoms with van der Waals surface area (Å²) in [4.78, 5) is 10.4. The van der Waals surface area contributed by atoms with Gasteiger partial charge in [0, 0.05) is 13.5 Å². The van der Waals surface area contributed by atoms with Crippen molar-refractivity contribution in [3.8, 4) is 0 Å². The molecule has 1 rings (SSSR count). The monoisotopic (exact) mass is 229 g/mol. The molecule has 1 aromatic rings. The quantitative estimate of drug-likeness (QED) is 0.788. The van der Waals surface area contributed by atoms with Crippen LogP contribution in [-0.2, 0) is 4.79 Å². The second kappa shape index (κ2) is 11.1. The summed E-state index contributed by atoms with van der Waals surface area (Å²) >= 11 is 1.49. The number of unbranched alkanes of at least 4 members (excludes halogenated alkanes) is 3. The van der Waals surface area contributed by atoms with Gasteiger partial charge in [-0.3, -0.25) is 4.79 Å². The fourth-order valence-electron chi connectivity index (χ4n) is 0.952. The van der Waals surface area contributed by atoms with Crippen molar-refractivity contribution in [2.75, 3.05) is 6.54 Å². The topological polar surface area (TPSA) is 54.9 Å². The lowest BCUT2D eigenvalue weighted by Gasteiger charge is -1.99. The SMILES string of the molecule is CCCCCCNC(C)=O.c1nncs1. The second-order valence-corrected chi connectivity index (χ2v) is 3.82. The molecule has 0 aromatic carbocycles.